The number of hydrogen-bond acceptors (Lipinski definition) is 4. The van der Waals surface area contributed by atoms with Crippen LogP contribution in [0.2, 0.25) is 0 Å². The van der Waals surface area contributed by atoms with Crippen LogP contribution in [0.3, 0.4) is 0 Å². The summed E-state index contributed by atoms with van der Waals surface area (Å²) in [4.78, 5) is 26.2. The van der Waals surface area contributed by atoms with Crippen LogP contribution in [0, 0.1) is 10.5 Å². The van der Waals surface area contributed by atoms with Crippen LogP contribution in [0.5, 0.6) is 0 Å². The van der Waals surface area contributed by atoms with Crippen molar-refractivity contribution in [2.45, 2.75) is 17.2 Å². The number of carbonyl (C=O) groups is 2. The molecule has 0 aliphatic carbocycles. The third-order valence-corrected chi connectivity index (χ3v) is 6.52. The van der Waals surface area contributed by atoms with E-state index in [0.717, 1.165) is 10.5 Å². The minimum Gasteiger partial charge on any atom is -0.346 e. The number of nitrogens with one attached hydrogen (secondary N) is 1. The number of sulfone groups is 1. The maximum absolute atomic E-state index is 13.0. The van der Waals surface area contributed by atoms with E-state index in [1.54, 1.807) is 36.4 Å². The molecule has 2 aromatic rings. The van der Waals surface area contributed by atoms with Crippen molar-refractivity contribution in [2.75, 3.05) is 14.1 Å². The van der Waals surface area contributed by atoms with Crippen LogP contribution in [-0.4, -0.2) is 44.6 Å². The summed E-state index contributed by atoms with van der Waals surface area (Å²) in [6.07, 6.45) is 0. The molecular formula is C18H19IN2O4S. The molecule has 1 atom stereocenters. The highest BCUT2D eigenvalue weighted by molar-refractivity contribution is 14.1. The van der Waals surface area contributed by atoms with Crippen molar-refractivity contribution >= 4 is 44.2 Å². The predicted molar refractivity (Wildman–Crippen MR) is 107 cm³/mol. The Labute approximate surface area is 166 Å². The number of aryl methyl sites for hydroxylation is 1. The van der Waals surface area contributed by atoms with Gasteiger partial charge in [0.05, 0.1) is 10.5 Å². The minimum absolute atomic E-state index is 0.0219. The van der Waals surface area contributed by atoms with Crippen LogP contribution in [-0.2, 0) is 14.6 Å². The van der Waals surface area contributed by atoms with Crippen molar-refractivity contribution < 1.29 is 18.0 Å². The maximum atomic E-state index is 13.0. The van der Waals surface area contributed by atoms with E-state index in [1.165, 1.54) is 26.2 Å². The highest BCUT2D eigenvalue weighted by atomic mass is 127. The molecule has 1 N–H and O–H groups in total. The molecule has 26 heavy (non-hydrogen) atoms. The van der Waals surface area contributed by atoms with Gasteiger partial charge in [0, 0.05) is 17.7 Å². The van der Waals surface area contributed by atoms with Gasteiger partial charge in [-0.05, 0) is 53.8 Å². The predicted octanol–water partition coefficient (Wildman–Crippen LogP) is 2.22. The number of hydrogen-bond donors (Lipinski definition) is 1. The molecule has 2 rings (SSSR count). The van der Waals surface area contributed by atoms with E-state index in [1.807, 2.05) is 29.5 Å². The standard InChI is InChI=1S/C18H19IN2O4S/c1-12-8-10-13(11-9-12)26(24,25)17(18(23)21(2)3)20-16(22)14-6-4-5-7-15(14)19/h4-11,17H,1-3H3,(H,20,22). The molecule has 0 aliphatic heterocycles. The third kappa shape index (κ3) is 4.42. The fourth-order valence-corrected chi connectivity index (χ4v) is 4.37. The van der Waals surface area contributed by atoms with E-state index >= 15 is 0 Å². The molecule has 0 heterocycles. The molecule has 6 nitrogen and oxygen atoms in total. The van der Waals surface area contributed by atoms with Crippen LogP contribution in [0.15, 0.2) is 53.4 Å². The van der Waals surface area contributed by atoms with E-state index in [9.17, 15) is 18.0 Å². The summed E-state index contributed by atoms with van der Waals surface area (Å²) < 4.78 is 26.6. The molecule has 8 heteroatoms. The first-order valence-electron chi connectivity index (χ1n) is 7.71. The number of benzene rings is 2. The molecule has 1 unspecified atom stereocenters. The number of amides is 2. The normalized spacial score (nSPS) is 12.3. The van der Waals surface area contributed by atoms with E-state index in [-0.39, 0.29) is 4.90 Å². The minimum atomic E-state index is -4.10. The number of likely N-dealkylation sites (N-methyl/N-ethyl adjacent to an activating group) is 1. The number of carbonyl (C=O) groups excluding carboxylic acids is 2. The Morgan fingerprint density at radius 1 is 1.04 bits per heavy atom. The second-order valence-electron chi connectivity index (χ2n) is 5.92. The van der Waals surface area contributed by atoms with Gasteiger partial charge in [-0.25, -0.2) is 8.42 Å². The van der Waals surface area contributed by atoms with E-state index in [4.69, 9.17) is 0 Å². The summed E-state index contributed by atoms with van der Waals surface area (Å²) in [6, 6.07) is 12.9. The molecule has 0 aromatic heterocycles. The molecule has 138 valence electrons. The van der Waals surface area contributed by atoms with Gasteiger partial charge in [0.2, 0.25) is 15.2 Å². The largest absolute Gasteiger partial charge is 0.346 e. The summed E-state index contributed by atoms with van der Waals surface area (Å²) in [5.74, 6) is -1.34. The average Bonchev–Trinajstić information content (AvgIpc) is 2.59. The van der Waals surface area contributed by atoms with Gasteiger partial charge in [0.15, 0.2) is 0 Å². The molecule has 0 aliphatic rings. The summed E-state index contributed by atoms with van der Waals surface area (Å²) in [7, 11) is -1.22. The Balaban J connectivity index is 2.44. The van der Waals surface area contributed by atoms with Gasteiger partial charge in [-0.2, -0.15) is 0 Å². The summed E-state index contributed by atoms with van der Waals surface area (Å²) >= 11 is 1.98. The molecule has 0 saturated carbocycles. The van der Waals surface area contributed by atoms with Crippen LogP contribution < -0.4 is 5.32 Å². The highest BCUT2D eigenvalue weighted by Gasteiger charge is 2.36. The van der Waals surface area contributed by atoms with Gasteiger partial charge in [-0.1, -0.05) is 29.8 Å². The maximum Gasteiger partial charge on any atom is 0.260 e. The Hall–Kier alpha value is -1.94. The highest BCUT2D eigenvalue weighted by Crippen LogP contribution is 2.18. The van der Waals surface area contributed by atoms with Crippen molar-refractivity contribution in [3.05, 3.63) is 63.2 Å². The van der Waals surface area contributed by atoms with Gasteiger partial charge in [0.25, 0.3) is 11.8 Å². The van der Waals surface area contributed by atoms with Gasteiger partial charge >= 0.3 is 0 Å². The van der Waals surface area contributed by atoms with Crippen molar-refractivity contribution in [1.29, 1.82) is 0 Å². The Kier molecular flexibility index (Phi) is 6.40. The summed E-state index contributed by atoms with van der Waals surface area (Å²) in [5, 5.41) is 0.681. The molecular weight excluding hydrogens is 467 g/mol. The van der Waals surface area contributed by atoms with E-state index in [0.29, 0.717) is 9.13 Å². The Morgan fingerprint density at radius 2 is 1.62 bits per heavy atom. The number of nitrogens with zero attached hydrogens (tertiary/aromatic N) is 1. The Bertz CT molecular complexity index is 924. The van der Waals surface area contributed by atoms with Gasteiger partial charge in [-0.15, -0.1) is 0 Å². The smallest absolute Gasteiger partial charge is 0.260 e. The monoisotopic (exact) mass is 486 g/mol. The van der Waals surface area contributed by atoms with Gasteiger partial charge < -0.3 is 10.2 Å². The zero-order valence-electron chi connectivity index (χ0n) is 14.6. The van der Waals surface area contributed by atoms with E-state index in [2.05, 4.69) is 5.32 Å². The average molecular weight is 486 g/mol. The van der Waals surface area contributed by atoms with Crippen molar-refractivity contribution in [1.82, 2.24) is 10.2 Å². The SMILES string of the molecule is Cc1ccc(S(=O)(=O)C(NC(=O)c2ccccc2I)C(=O)N(C)C)cc1. The lowest BCUT2D eigenvalue weighted by atomic mass is 10.2. The quantitative estimate of drug-likeness (QED) is 0.658. The topological polar surface area (TPSA) is 83.5 Å². The molecule has 0 spiro atoms. The van der Waals surface area contributed by atoms with E-state index < -0.39 is 27.0 Å². The van der Waals surface area contributed by atoms with Crippen LogP contribution >= 0.6 is 22.6 Å². The summed E-state index contributed by atoms with van der Waals surface area (Å²) in [5.41, 5.74) is 1.20. The zero-order chi connectivity index (χ0) is 19.5. The first kappa shape index (κ1) is 20.4. The van der Waals surface area contributed by atoms with Crippen molar-refractivity contribution in [3.63, 3.8) is 0 Å². The molecule has 2 amide bonds. The first-order chi connectivity index (χ1) is 12.1. The van der Waals surface area contributed by atoms with Crippen LogP contribution in [0.4, 0.5) is 0 Å². The van der Waals surface area contributed by atoms with Crippen molar-refractivity contribution in [3.8, 4) is 0 Å². The Morgan fingerprint density at radius 3 is 2.15 bits per heavy atom. The molecule has 0 fully saturated rings. The molecule has 0 saturated heterocycles. The first-order valence-corrected chi connectivity index (χ1v) is 10.3. The van der Waals surface area contributed by atoms with Gasteiger partial charge in [0.1, 0.15) is 0 Å². The van der Waals surface area contributed by atoms with Crippen molar-refractivity contribution in [2.24, 2.45) is 0 Å². The lowest BCUT2D eigenvalue weighted by Crippen LogP contribution is -2.51. The summed E-state index contributed by atoms with van der Waals surface area (Å²) in [6.45, 7) is 1.83. The lowest BCUT2D eigenvalue weighted by Gasteiger charge is -2.22. The fraction of sp³-hybridized carbons (Fsp3) is 0.222. The second-order valence-corrected chi connectivity index (χ2v) is 9.12. The van der Waals surface area contributed by atoms with Gasteiger partial charge in [-0.3, -0.25) is 9.59 Å². The second kappa shape index (κ2) is 8.17. The molecule has 2 aromatic carbocycles. The molecule has 0 radical (unpaired) electrons. The fourth-order valence-electron chi connectivity index (χ4n) is 2.21. The lowest BCUT2D eigenvalue weighted by molar-refractivity contribution is -0.128. The number of rotatable bonds is 5. The number of halogens is 1. The molecule has 0 bridgehead atoms. The third-order valence-electron chi connectivity index (χ3n) is 3.71. The van der Waals surface area contributed by atoms with Crippen LogP contribution in [0.1, 0.15) is 15.9 Å². The zero-order valence-corrected chi connectivity index (χ0v) is 17.5. The van der Waals surface area contributed by atoms with Crippen LogP contribution in [0.25, 0.3) is 0 Å².